The Balaban J connectivity index is 1.54. The summed E-state index contributed by atoms with van der Waals surface area (Å²) in [5.41, 5.74) is 0.986. The highest BCUT2D eigenvalue weighted by molar-refractivity contribution is 5.32. The highest BCUT2D eigenvalue weighted by Gasteiger charge is 2.40. The van der Waals surface area contributed by atoms with Crippen LogP contribution in [0.2, 0.25) is 0 Å². The minimum atomic E-state index is -0.215. The molecule has 0 amide bonds. The van der Waals surface area contributed by atoms with E-state index in [1.54, 1.807) is 6.07 Å². The van der Waals surface area contributed by atoms with Gasteiger partial charge in [0.05, 0.1) is 11.7 Å². The van der Waals surface area contributed by atoms with Crippen LogP contribution in [-0.2, 0) is 4.74 Å². The van der Waals surface area contributed by atoms with Crippen molar-refractivity contribution in [1.29, 1.82) is 0 Å². The van der Waals surface area contributed by atoms with Gasteiger partial charge in [0.25, 0.3) is 0 Å². The molecule has 1 unspecified atom stereocenters. The number of hydrogen-bond acceptors (Lipinski definition) is 2. The SMILES string of the molecule is Cc1cc(F)ccc1OCC1CCC2(CCCCC2)O1. The van der Waals surface area contributed by atoms with Gasteiger partial charge in [0.1, 0.15) is 18.2 Å². The zero-order chi connectivity index (χ0) is 14.0. The Morgan fingerprint density at radius 3 is 2.80 bits per heavy atom. The van der Waals surface area contributed by atoms with Crippen LogP contribution in [0.3, 0.4) is 0 Å². The zero-order valence-electron chi connectivity index (χ0n) is 12.2. The first-order chi connectivity index (χ1) is 9.67. The molecule has 3 rings (SSSR count). The number of rotatable bonds is 3. The third-order valence-corrected chi connectivity index (χ3v) is 4.67. The van der Waals surface area contributed by atoms with Gasteiger partial charge in [-0.15, -0.1) is 0 Å². The maximum Gasteiger partial charge on any atom is 0.123 e. The van der Waals surface area contributed by atoms with Crippen molar-refractivity contribution in [2.75, 3.05) is 6.61 Å². The molecule has 3 heteroatoms. The van der Waals surface area contributed by atoms with Crippen molar-refractivity contribution in [3.8, 4) is 5.75 Å². The topological polar surface area (TPSA) is 18.5 Å². The van der Waals surface area contributed by atoms with Crippen LogP contribution in [0, 0.1) is 12.7 Å². The van der Waals surface area contributed by atoms with Crippen LogP contribution in [0.25, 0.3) is 0 Å². The summed E-state index contributed by atoms with van der Waals surface area (Å²) < 4.78 is 25.1. The Labute approximate surface area is 120 Å². The van der Waals surface area contributed by atoms with Gasteiger partial charge in [0.15, 0.2) is 0 Å². The molecule has 1 saturated heterocycles. The largest absolute Gasteiger partial charge is 0.491 e. The third kappa shape index (κ3) is 2.98. The second-order valence-corrected chi connectivity index (χ2v) is 6.24. The van der Waals surface area contributed by atoms with Crippen molar-refractivity contribution in [2.24, 2.45) is 0 Å². The first kappa shape index (κ1) is 13.9. The molecule has 1 aromatic carbocycles. The minimum absolute atomic E-state index is 0.143. The summed E-state index contributed by atoms with van der Waals surface area (Å²) in [4.78, 5) is 0. The fourth-order valence-corrected chi connectivity index (χ4v) is 3.53. The Morgan fingerprint density at radius 1 is 1.25 bits per heavy atom. The summed E-state index contributed by atoms with van der Waals surface area (Å²) >= 11 is 0. The maximum atomic E-state index is 13.0. The number of halogens is 1. The molecule has 1 saturated carbocycles. The summed E-state index contributed by atoms with van der Waals surface area (Å²) in [6.45, 7) is 2.45. The van der Waals surface area contributed by atoms with E-state index in [4.69, 9.17) is 9.47 Å². The van der Waals surface area contributed by atoms with Crippen molar-refractivity contribution in [3.05, 3.63) is 29.6 Å². The fourth-order valence-electron chi connectivity index (χ4n) is 3.53. The molecular formula is C17H23FO2. The fraction of sp³-hybridized carbons (Fsp3) is 0.647. The monoisotopic (exact) mass is 278 g/mol. The van der Waals surface area contributed by atoms with Crippen LogP contribution < -0.4 is 4.74 Å². The smallest absolute Gasteiger partial charge is 0.123 e. The summed E-state index contributed by atoms with van der Waals surface area (Å²) in [5, 5.41) is 0. The summed E-state index contributed by atoms with van der Waals surface area (Å²) in [7, 11) is 0. The molecule has 1 spiro atoms. The van der Waals surface area contributed by atoms with E-state index >= 15 is 0 Å². The van der Waals surface area contributed by atoms with Crippen LogP contribution in [0.1, 0.15) is 50.5 Å². The van der Waals surface area contributed by atoms with Crippen molar-refractivity contribution in [2.45, 2.75) is 63.6 Å². The molecule has 1 atom stereocenters. The Bertz CT molecular complexity index is 466. The van der Waals surface area contributed by atoms with Gasteiger partial charge >= 0.3 is 0 Å². The molecule has 0 bridgehead atoms. The molecule has 1 aromatic rings. The van der Waals surface area contributed by atoms with Crippen molar-refractivity contribution in [3.63, 3.8) is 0 Å². The van der Waals surface area contributed by atoms with Gasteiger partial charge in [-0.25, -0.2) is 4.39 Å². The van der Waals surface area contributed by atoms with Crippen LogP contribution in [0.4, 0.5) is 4.39 Å². The average Bonchev–Trinajstić information content (AvgIpc) is 2.82. The lowest BCUT2D eigenvalue weighted by molar-refractivity contribution is -0.0749. The minimum Gasteiger partial charge on any atom is -0.491 e. The van der Waals surface area contributed by atoms with E-state index in [0.717, 1.165) is 17.7 Å². The lowest BCUT2D eigenvalue weighted by Crippen LogP contribution is -2.32. The normalized spacial score (nSPS) is 25.0. The van der Waals surface area contributed by atoms with Crippen LogP contribution in [0.15, 0.2) is 18.2 Å². The molecular weight excluding hydrogens is 255 g/mol. The number of ether oxygens (including phenoxy) is 2. The highest BCUT2D eigenvalue weighted by atomic mass is 19.1. The molecule has 2 fully saturated rings. The van der Waals surface area contributed by atoms with Crippen molar-refractivity contribution in [1.82, 2.24) is 0 Å². The van der Waals surface area contributed by atoms with Gasteiger partial charge in [-0.1, -0.05) is 19.3 Å². The number of hydrogen-bond donors (Lipinski definition) is 0. The van der Waals surface area contributed by atoms with Gasteiger partial charge in [-0.3, -0.25) is 0 Å². The second-order valence-electron chi connectivity index (χ2n) is 6.24. The molecule has 1 aliphatic carbocycles. The highest BCUT2D eigenvalue weighted by Crippen LogP contribution is 2.42. The molecule has 0 aromatic heterocycles. The Hall–Kier alpha value is -1.09. The molecule has 1 aliphatic heterocycles. The number of aryl methyl sites for hydroxylation is 1. The molecule has 0 radical (unpaired) electrons. The van der Waals surface area contributed by atoms with Crippen LogP contribution in [0.5, 0.6) is 5.75 Å². The van der Waals surface area contributed by atoms with Crippen molar-refractivity contribution >= 4 is 0 Å². The second kappa shape index (κ2) is 5.72. The van der Waals surface area contributed by atoms with E-state index in [1.807, 2.05) is 6.92 Å². The third-order valence-electron chi connectivity index (χ3n) is 4.67. The predicted molar refractivity (Wildman–Crippen MR) is 76.6 cm³/mol. The maximum absolute atomic E-state index is 13.0. The zero-order valence-corrected chi connectivity index (χ0v) is 12.2. The lowest BCUT2D eigenvalue weighted by Gasteiger charge is -2.33. The Kier molecular flexibility index (Phi) is 3.97. The quantitative estimate of drug-likeness (QED) is 0.816. The van der Waals surface area contributed by atoms with E-state index in [-0.39, 0.29) is 17.5 Å². The van der Waals surface area contributed by atoms with E-state index in [1.165, 1.54) is 50.7 Å². The summed E-state index contributed by atoms with van der Waals surface area (Å²) in [5.74, 6) is 0.549. The average molecular weight is 278 g/mol. The molecule has 2 aliphatic rings. The molecule has 2 nitrogen and oxygen atoms in total. The van der Waals surface area contributed by atoms with Gasteiger partial charge < -0.3 is 9.47 Å². The summed E-state index contributed by atoms with van der Waals surface area (Å²) in [6.07, 6.45) is 8.80. The molecule has 0 N–H and O–H groups in total. The van der Waals surface area contributed by atoms with Gasteiger partial charge in [0.2, 0.25) is 0 Å². The molecule has 1 heterocycles. The van der Waals surface area contributed by atoms with E-state index in [2.05, 4.69) is 0 Å². The first-order valence-corrected chi connectivity index (χ1v) is 7.74. The van der Waals surface area contributed by atoms with Gasteiger partial charge in [-0.05, 0) is 56.4 Å². The van der Waals surface area contributed by atoms with Gasteiger partial charge in [0, 0.05) is 0 Å². The lowest BCUT2D eigenvalue weighted by atomic mass is 9.83. The van der Waals surface area contributed by atoms with E-state index < -0.39 is 0 Å². The van der Waals surface area contributed by atoms with Crippen LogP contribution >= 0.6 is 0 Å². The standard InChI is InChI=1S/C17H23FO2/c1-13-11-14(18)5-6-16(13)19-12-15-7-10-17(20-15)8-3-2-4-9-17/h5-6,11,15H,2-4,7-10,12H2,1H3. The van der Waals surface area contributed by atoms with Crippen molar-refractivity contribution < 1.29 is 13.9 Å². The van der Waals surface area contributed by atoms with Crippen LogP contribution in [-0.4, -0.2) is 18.3 Å². The predicted octanol–water partition coefficient (Wildman–Crippen LogP) is 4.39. The number of benzene rings is 1. The molecule has 20 heavy (non-hydrogen) atoms. The Morgan fingerprint density at radius 2 is 2.05 bits per heavy atom. The van der Waals surface area contributed by atoms with Gasteiger partial charge in [-0.2, -0.15) is 0 Å². The van der Waals surface area contributed by atoms with E-state index in [0.29, 0.717) is 6.61 Å². The summed E-state index contributed by atoms with van der Waals surface area (Å²) in [6, 6.07) is 4.66. The molecule has 110 valence electrons. The van der Waals surface area contributed by atoms with E-state index in [9.17, 15) is 4.39 Å². The first-order valence-electron chi connectivity index (χ1n) is 7.74.